The van der Waals surface area contributed by atoms with E-state index in [-0.39, 0.29) is 24.2 Å². The second-order valence-electron chi connectivity index (χ2n) is 5.03. The Kier molecular flexibility index (Phi) is 5.75. The molecule has 1 saturated heterocycles. The number of nitrogens with one attached hydrogen (secondary N) is 1. The van der Waals surface area contributed by atoms with E-state index in [1.54, 1.807) is 6.92 Å². The zero-order valence-corrected chi connectivity index (χ0v) is 14.0. The van der Waals surface area contributed by atoms with Crippen molar-refractivity contribution in [1.82, 2.24) is 9.62 Å². The van der Waals surface area contributed by atoms with Crippen LogP contribution in [-0.4, -0.2) is 57.3 Å². The highest BCUT2D eigenvalue weighted by Crippen LogP contribution is 2.25. The van der Waals surface area contributed by atoms with E-state index < -0.39 is 10.0 Å². The molecule has 0 amide bonds. The van der Waals surface area contributed by atoms with Crippen LogP contribution >= 0.6 is 11.3 Å². The van der Waals surface area contributed by atoms with Gasteiger partial charge in [0.15, 0.2) is 0 Å². The molecule has 0 radical (unpaired) electrons. The third-order valence-electron chi connectivity index (χ3n) is 3.54. The first-order chi connectivity index (χ1) is 9.96. The first-order valence-electron chi connectivity index (χ1n) is 7.00. The van der Waals surface area contributed by atoms with Crippen LogP contribution in [0.1, 0.15) is 16.7 Å². The van der Waals surface area contributed by atoms with Crippen LogP contribution < -0.4 is 4.72 Å². The molecule has 1 aliphatic heterocycles. The Morgan fingerprint density at radius 1 is 1.57 bits per heavy atom. The van der Waals surface area contributed by atoms with Gasteiger partial charge in [-0.1, -0.05) is 6.92 Å². The standard InChI is InChI=1S/C13H22N2O4S2/c1-3-15-4-5-19-11(8-15)7-14-21(17,18)13-6-12(9-16)20-10(13)2/h6,11,14,16H,3-5,7-9H2,1-2H3. The highest BCUT2D eigenvalue weighted by molar-refractivity contribution is 7.89. The van der Waals surface area contributed by atoms with Crippen molar-refractivity contribution < 1.29 is 18.3 Å². The summed E-state index contributed by atoms with van der Waals surface area (Å²) in [6.07, 6.45) is -0.121. The average molecular weight is 334 g/mol. The maximum absolute atomic E-state index is 12.3. The van der Waals surface area contributed by atoms with Gasteiger partial charge in [0.1, 0.15) is 0 Å². The van der Waals surface area contributed by atoms with Crippen LogP contribution in [0, 0.1) is 6.92 Å². The average Bonchev–Trinajstić information content (AvgIpc) is 2.87. The minimum absolute atomic E-state index is 0.121. The molecule has 2 rings (SSSR count). The van der Waals surface area contributed by atoms with Crippen molar-refractivity contribution in [3.05, 3.63) is 15.8 Å². The Bertz CT molecular complexity index is 571. The second kappa shape index (κ2) is 7.17. The molecule has 1 atom stereocenters. The number of nitrogens with zero attached hydrogens (tertiary/aromatic N) is 1. The lowest BCUT2D eigenvalue weighted by Crippen LogP contribution is -2.47. The molecule has 1 aromatic rings. The summed E-state index contributed by atoms with van der Waals surface area (Å²) in [5.74, 6) is 0. The molecule has 1 unspecified atom stereocenters. The molecular formula is C13H22N2O4S2. The van der Waals surface area contributed by atoms with E-state index in [1.807, 2.05) is 0 Å². The number of thiophene rings is 1. The largest absolute Gasteiger partial charge is 0.391 e. The second-order valence-corrected chi connectivity index (χ2v) is 8.11. The molecule has 6 nitrogen and oxygen atoms in total. The number of sulfonamides is 1. The zero-order valence-electron chi connectivity index (χ0n) is 12.3. The van der Waals surface area contributed by atoms with Crippen molar-refractivity contribution in [3.63, 3.8) is 0 Å². The van der Waals surface area contributed by atoms with E-state index in [1.165, 1.54) is 17.4 Å². The predicted octanol–water partition coefficient (Wildman–Crippen LogP) is 0.548. The molecule has 2 heterocycles. The summed E-state index contributed by atoms with van der Waals surface area (Å²) in [6.45, 7) is 7.15. The van der Waals surface area contributed by atoms with Crippen LogP contribution in [0.15, 0.2) is 11.0 Å². The molecule has 2 N–H and O–H groups in total. The molecule has 0 aromatic carbocycles. The minimum Gasteiger partial charge on any atom is -0.391 e. The molecule has 0 bridgehead atoms. The van der Waals surface area contributed by atoms with E-state index in [9.17, 15) is 8.42 Å². The van der Waals surface area contributed by atoms with Crippen molar-refractivity contribution in [2.75, 3.05) is 32.8 Å². The van der Waals surface area contributed by atoms with Crippen molar-refractivity contribution >= 4 is 21.4 Å². The highest BCUT2D eigenvalue weighted by Gasteiger charge is 2.24. The number of morpholine rings is 1. The topological polar surface area (TPSA) is 78.9 Å². The Labute approximate surface area is 129 Å². The maximum atomic E-state index is 12.3. The zero-order chi connectivity index (χ0) is 15.5. The first-order valence-corrected chi connectivity index (χ1v) is 9.30. The Hall–Kier alpha value is -0.510. The molecule has 8 heteroatoms. The normalized spacial score (nSPS) is 20.8. The summed E-state index contributed by atoms with van der Waals surface area (Å²) >= 11 is 1.30. The van der Waals surface area contributed by atoms with Crippen LogP contribution in [0.25, 0.3) is 0 Å². The van der Waals surface area contributed by atoms with Gasteiger partial charge in [-0.05, 0) is 19.5 Å². The fourth-order valence-corrected chi connectivity index (χ4v) is 4.90. The van der Waals surface area contributed by atoms with E-state index in [4.69, 9.17) is 9.84 Å². The number of aliphatic hydroxyl groups excluding tert-OH is 1. The lowest BCUT2D eigenvalue weighted by molar-refractivity contribution is -0.0229. The molecule has 1 fully saturated rings. The number of likely N-dealkylation sites (N-methyl/N-ethyl adjacent to an activating group) is 1. The van der Waals surface area contributed by atoms with Gasteiger partial charge in [0.2, 0.25) is 10.0 Å². The van der Waals surface area contributed by atoms with Gasteiger partial charge in [0.25, 0.3) is 0 Å². The third kappa shape index (κ3) is 4.24. The predicted molar refractivity (Wildman–Crippen MR) is 82.0 cm³/mol. The summed E-state index contributed by atoms with van der Waals surface area (Å²) in [7, 11) is -3.55. The Morgan fingerprint density at radius 3 is 2.95 bits per heavy atom. The van der Waals surface area contributed by atoms with Gasteiger partial charge < -0.3 is 9.84 Å². The summed E-state index contributed by atoms with van der Waals surface area (Å²) in [5, 5.41) is 9.10. The van der Waals surface area contributed by atoms with E-state index in [2.05, 4.69) is 16.5 Å². The van der Waals surface area contributed by atoms with Crippen molar-refractivity contribution in [3.8, 4) is 0 Å². The van der Waals surface area contributed by atoms with Crippen molar-refractivity contribution in [1.29, 1.82) is 0 Å². The van der Waals surface area contributed by atoms with E-state index in [0.717, 1.165) is 19.6 Å². The van der Waals surface area contributed by atoms with Gasteiger partial charge in [-0.15, -0.1) is 11.3 Å². The number of ether oxygens (including phenoxy) is 1. The maximum Gasteiger partial charge on any atom is 0.241 e. The fraction of sp³-hybridized carbons (Fsp3) is 0.692. The van der Waals surface area contributed by atoms with Gasteiger partial charge >= 0.3 is 0 Å². The molecule has 1 aromatic heterocycles. The van der Waals surface area contributed by atoms with E-state index >= 15 is 0 Å². The number of rotatable bonds is 6. The third-order valence-corrected chi connectivity index (χ3v) is 6.25. The Balaban J connectivity index is 1.99. The molecule has 0 saturated carbocycles. The van der Waals surface area contributed by atoms with Gasteiger partial charge in [-0.3, -0.25) is 4.90 Å². The van der Waals surface area contributed by atoms with Gasteiger partial charge in [-0.2, -0.15) is 0 Å². The molecule has 0 aliphatic carbocycles. The fourth-order valence-electron chi connectivity index (χ4n) is 2.34. The molecule has 0 spiro atoms. The van der Waals surface area contributed by atoms with E-state index in [0.29, 0.717) is 16.4 Å². The Morgan fingerprint density at radius 2 is 2.33 bits per heavy atom. The van der Waals surface area contributed by atoms with Crippen LogP contribution in [0.5, 0.6) is 0 Å². The molecule has 120 valence electrons. The molecule has 1 aliphatic rings. The van der Waals surface area contributed by atoms with Crippen molar-refractivity contribution in [2.45, 2.75) is 31.5 Å². The van der Waals surface area contributed by atoms with Gasteiger partial charge in [-0.25, -0.2) is 13.1 Å². The van der Waals surface area contributed by atoms with Crippen LogP contribution in [0.4, 0.5) is 0 Å². The molecular weight excluding hydrogens is 312 g/mol. The van der Waals surface area contributed by atoms with Gasteiger partial charge in [0, 0.05) is 29.4 Å². The number of hydrogen-bond acceptors (Lipinski definition) is 6. The first kappa shape index (κ1) is 16.9. The number of aryl methyl sites for hydroxylation is 1. The molecule has 21 heavy (non-hydrogen) atoms. The SMILES string of the molecule is CCN1CCOC(CNS(=O)(=O)c2cc(CO)sc2C)C1. The lowest BCUT2D eigenvalue weighted by atomic mass is 10.3. The lowest BCUT2D eigenvalue weighted by Gasteiger charge is -2.32. The summed E-state index contributed by atoms with van der Waals surface area (Å²) < 4.78 is 32.8. The quantitative estimate of drug-likeness (QED) is 0.794. The monoisotopic (exact) mass is 334 g/mol. The highest BCUT2D eigenvalue weighted by atomic mass is 32.2. The van der Waals surface area contributed by atoms with Gasteiger partial charge in [0.05, 0.1) is 24.2 Å². The van der Waals surface area contributed by atoms with Crippen molar-refractivity contribution in [2.24, 2.45) is 0 Å². The number of hydrogen-bond donors (Lipinski definition) is 2. The summed E-state index contributed by atoms with van der Waals surface area (Å²) in [5.41, 5.74) is 0. The van der Waals surface area contributed by atoms with Crippen LogP contribution in [0.3, 0.4) is 0 Å². The van der Waals surface area contributed by atoms with Crippen LogP contribution in [-0.2, 0) is 21.4 Å². The smallest absolute Gasteiger partial charge is 0.241 e. The summed E-state index contributed by atoms with van der Waals surface area (Å²) in [6, 6.07) is 1.53. The minimum atomic E-state index is -3.55. The number of aliphatic hydroxyl groups is 1. The van der Waals surface area contributed by atoms with Crippen LogP contribution in [0.2, 0.25) is 0 Å². The summed E-state index contributed by atoms with van der Waals surface area (Å²) in [4.78, 5) is 3.83.